The molecule has 0 amide bonds. The second kappa shape index (κ2) is 8.32. The van der Waals surface area contributed by atoms with Crippen molar-refractivity contribution in [3.63, 3.8) is 0 Å². The summed E-state index contributed by atoms with van der Waals surface area (Å²) in [7, 11) is 4.33. The van der Waals surface area contributed by atoms with Gasteiger partial charge in [0.2, 0.25) is 0 Å². The van der Waals surface area contributed by atoms with Crippen LogP contribution in [0.1, 0.15) is 32.6 Å². The normalized spacial score (nSPS) is 29.4. The predicted molar refractivity (Wildman–Crippen MR) is 86.3 cm³/mol. The monoisotopic (exact) mass is 282 g/mol. The van der Waals surface area contributed by atoms with Crippen LogP contribution in [0.5, 0.6) is 0 Å². The first-order valence-electron chi connectivity index (χ1n) is 8.53. The lowest BCUT2D eigenvalue weighted by molar-refractivity contribution is 0.0926. The molecule has 118 valence electrons. The first-order valence-corrected chi connectivity index (χ1v) is 8.53. The van der Waals surface area contributed by atoms with Crippen molar-refractivity contribution >= 4 is 0 Å². The molecule has 20 heavy (non-hydrogen) atoms. The largest absolute Gasteiger partial charge is 0.314 e. The van der Waals surface area contributed by atoms with E-state index in [1.807, 2.05) is 0 Å². The van der Waals surface area contributed by atoms with Gasteiger partial charge in [-0.25, -0.2) is 0 Å². The van der Waals surface area contributed by atoms with Gasteiger partial charge >= 0.3 is 0 Å². The molecule has 0 spiro atoms. The molecule has 4 heteroatoms. The molecule has 1 saturated heterocycles. The number of nitrogens with zero attached hydrogens (tertiary/aromatic N) is 3. The van der Waals surface area contributed by atoms with Gasteiger partial charge in [-0.05, 0) is 46.3 Å². The molecule has 0 bridgehead atoms. The highest BCUT2D eigenvalue weighted by Gasteiger charge is 2.30. The lowest BCUT2D eigenvalue weighted by Crippen LogP contribution is -2.51. The number of hydrogen-bond donors (Lipinski definition) is 1. The molecule has 1 aliphatic carbocycles. The third-order valence-corrected chi connectivity index (χ3v) is 4.87. The van der Waals surface area contributed by atoms with Crippen LogP contribution in [-0.4, -0.2) is 86.7 Å². The van der Waals surface area contributed by atoms with E-state index in [0.29, 0.717) is 0 Å². The minimum Gasteiger partial charge on any atom is -0.314 e. The summed E-state index contributed by atoms with van der Waals surface area (Å²) in [4.78, 5) is 7.66. The van der Waals surface area contributed by atoms with Crippen molar-refractivity contribution in [2.24, 2.45) is 0 Å². The van der Waals surface area contributed by atoms with Crippen molar-refractivity contribution in [1.82, 2.24) is 20.0 Å². The van der Waals surface area contributed by atoms with Gasteiger partial charge in [-0.1, -0.05) is 6.92 Å². The van der Waals surface area contributed by atoms with Crippen LogP contribution in [0.2, 0.25) is 0 Å². The van der Waals surface area contributed by atoms with Gasteiger partial charge in [-0.2, -0.15) is 0 Å². The van der Waals surface area contributed by atoms with Gasteiger partial charge in [-0.15, -0.1) is 0 Å². The van der Waals surface area contributed by atoms with Crippen molar-refractivity contribution in [3.8, 4) is 0 Å². The molecule has 1 aliphatic heterocycles. The average Bonchev–Trinajstić information content (AvgIpc) is 2.92. The topological polar surface area (TPSA) is 21.8 Å². The summed E-state index contributed by atoms with van der Waals surface area (Å²) in [6.45, 7) is 10.9. The second-order valence-corrected chi connectivity index (χ2v) is 6.80. The van der Waals surface area contributed by atoms with Crippen LogP contribution in [0, 0.1) is 0 Å². The van der Waals surface area contributed by atoms with Gasteiger partial charge in [0.05, 0.1) is 0 Å². The molecule has 0 radical (unpaired) electrons. The molecule has 2 unspecified atom stereocenters. The zero-order chi connectivity index (χ0) is 14.4. The summed E-state index contributed by atoms with van der Waals surface area (Å²) in [5, 5.41) is 3.70. The Morgan fingerprint density at radius 3 is 2.50 bits per heavy atom. The van der Waals surface area contributed by atoms with E-state index < -0.39 is 0 Å². The lowest BCUT2D eigenvalue weighted by atomic mass is 10.1. The van der Waals surface area contributed by atoms with Crippen LogP contribution < -0.4 is 5.32 Å². The molecule has 1 N–H and O–H groups in total. The van der Waals surface area contributed by atoms with Gasteiger partial charge in [-0.3, -0.25) is 9.80 Å². The summed E-state index contributed by atoms with van der Waals surface area (Å²) >= 11 is 0. The number of likely N-dealkylation sites (N-methyl/N-ethyl adjacent to an activating group) is 1. The van der Waals surface area contributed by atoms with Crippen LogP contribution in [0.15, 0.2) is 0 Å². The highest BCUT2D eigenvalue weighted by Crippen LogP contribution is 2.25. The van der Waals surface area contributed by atoms with Gasteiger partial charge in [0.15, 0.2) is 0 Å². The van der Waals surface area contributed by atoms with Crippen LogP contribution in [0.25, 0.3) is 0 Å². The maximum atomic E-state index is 3.70. The van der Waals surface area contributed by atoms with Crippen molar-refractivity contribution in [2.45, 2.75) is 44.7 Å². The molecule has 1 heterocycles. The maximum absolute atomic E-state index is 3.70. The molecule has 0 aromatic heterocycles. The minimum atomic E-state index is 0.784. The second-order valence-electron chi connectivity index (χ2n) is 6.80. The Kier molecular flexibility index (Phi) is 6.75. The third-order valence-electron chi connectivity index (χ3n) is 4.87. The summed E-state index contributed by atoms with van der Waals surface area (Å²) < 4.78 is 0. The minimum absolute atomic E-state index is 0.784. The highest BCUT2D eigenvalue weighted by atomic mass is 15.3. The standard InChI is InChI=1S/C16H34N4/c1-4-7-17-15-5-6-16(14-15)20-12-10-19(11-13-20)9-8-18(2)3/h15-17H,4-14H2,1-3H3. The van der Waals surface area contributed by atoms with Gasteiger partial charge < -0.3 is 10.2 Å². The zero-order valence-electron chi connectivity index (χ0n) is 13.8. The Morgan fingerprint density at radius 2 is 1.85 bits per heavy atom. The van der Waals surface area contributed by atoms with Gasteiger partial charge in [0.25, 0.3) is 0 Å². The number of nitrogens with one attached hydrogen (secondary N) is 1. The van der Waals surface area contributed by atoms with Crippen molar-refractivity contribution in [1.29, 1.82) is 0 Å². The Hall–Kier alpha value is -0.160. The summed E-state index contributed by atoms with van der Waals surface area (Å²) in [5.74, 6) is 0. The molecular weight excluding hydrogens is 248 g/mol. The van der Waals surface area contributed by atoms with Crippen molar-refractivity contribution in [2.75, 3.05) is 59.9 Å². The van der Waals surface area contributed by atoms with Crippen LogP contribution in [0.4, 0.5) is 0 Å². The van der Waals surface area contributed by atoms with E-state index in [9.17, 15) is 0 Å². The Labute approximate surface area is 125 Å². The molecule has 4 nitrogen and oxygen atoms in total. The number of hydrogen-bond acceptors (Lipinski definition) is 4. The fraction of sp³-hybridized carbons (Fsp3) is 1.00. The van der Waals surface area contributed by atoms with E-state index in [-0.39, 0.29) is 0 Å². The van der Waals surface area contributed by atoms with Gasteiger partial charge in [0.1, 0.15) is 0 Å². The van der Waals surface area contributed by atoms with E-state index in [4.69, 9.17) is 0 Å². The van der Waals surface area contributed by atoms with Crippen molar-refractivity contribution < 1.29 is 0 Å². The van der Waals surface area contributed by atoms with Crippen molar-refractivity contribution in [3.05, 3.63) is 0 Å². The zero-order valence-corrected chi connectivity index (χ0v) is 13.8. The van der Waals surface area contributed by atoms with Crippen LogP contribution in [0.3, 0.4) is 0 Å². The molecule has 2 fully saturated rings. The highest BCUT2D eigenvalue weighted by molar-refractivity contribution is 4.88. The smallest absolute Gasteiger partial charge is 0.0113 e. The first kappa shape index (κ1) is 16.2. The predicted octanol–water partition coefficient (Wildman–Crippen LogP) is 1.09. The van der Waals surface area contributed by atoms with E-state index in [1.165, 1.54) is 71.5 Å². The van der Waals surface area contributed by atoms with Gasteiger partial charge in [0, 0.05) is 51.4 Å². The summed E-state index contributed by atoms with van der Waals surface area (Å²) in [6, 6.07) is 1.63. The molecule has 2 aliphatic rings. The summed E-state index contributed by atoms with van der Waals surface area (Å²) in [6.07, 6.45) is 5.41. The lowest BCUT2D eigenvalue weighted by Gasteiger charge is -2.38. The fourth-order valence-corrected chi connectivity index (χ4v) is 3.52. The molecular formula is C16H34N4. The van der Waals surface area contributed by atoms with E-state index in [1.54, 1.807) is 0 Å². The first-order chi connectivity index (χ1) is 9.69. The van der Waals surface area contributed by atoms with E-state index >= 15 is 0 Å². The fourth-order valence-electron chi connectivity index (χ4n) is 3.52. The summed E-state index contributed by atoms with van der Waals surface area (Å²) in [5.41, 5.74) is 0. The number of piperazine rings is 1. The Bertz CT molecular complexity index is 261. The van der Waals surface area contributed by atoms with Crippen LogP contribution >= 0.6 is 0 Å². The Morgan fingerprint density at radius 1 is 1.10 bits per heavy atom. The third kappa shape index (κ3) is 4.99. The molecule has 2 rings (SSSR count). The molecule has 0 aromatic rings. The molecule has 0 aromatic carbocycles. The number of rotatable bonds is 7. The SMILES string of the molecule is CCCNC1CCC(N2CCN(CCN(C)C)CC2)C1. The molecule has 2 atom stereocenters. The maximum Gasteiger partial charge on any atom is 0.0113 e. The molecule has 1 saturated carbocycles. The quantitative estimate of drug-likeness (QED) is 0.754. The Balaban J connectivity index is 1.64. The van der Waals surface area contributed by atoms with E-state index in [2.05, 4.69) is 41.0 Å². The van der Waals surface area contributed by atoms with E-state index in [0.717, 1.165) is 12.1 Å². The van der Waals surface area contributed by atoms with Crippen LogP contribution in [-0.2, 0) is 0 Å². The average molecular weight is 282 g/mol.